The van der Waals surface area contributed by atoms with E-state index in [0.717, 1.165) is 16.7 Å². The predicted octanol–water partition coefficient (Wildman–Crippen LogP) is 3.85. The Morgan fingerprint density at radius 1 is 1.12 bits per heavy atom. The fraction of sp³-hybridized carbons (Fsp3) is 0.105. The van der Waals surface area contributed by atoms with Gasteiger partial charge in [-0.3, -0.25) is 14.5 Å². The van der Waals surface area contributed by atoms with Gasteiger partial charge >= 0.3 is 5.97 Å². The van der Waals surface area contributed by atoms with Crippen LogP contribution in [0.4, 0.5) is 9.18 Å². The van der Waals surface area contributed by atoms with Gasteiger partial charge in [0.25, 0.3) is 11.1 Å². The van der Waals surface area contributed by atoms with Crippen LogP contribution in [0, 0.1) is 5.82 Å². The monoisotopic (exact) mass is 371 g/mol. The molecule has 1 heterocycles. The van der Waals surface area contributed by atoms with Gasteiger partial charge in [0.2, 0.25) is 0 Å². The van der Waals surface area contributed by atoms with Crippen molar-refractivity contribution in [3.63, 3.8) is 0 Å². The SMILES string of the molecule is COC(=O)c1ccc(/C=C2/SC(=O)N(Cc3ccc(F)cc3)C2=O)cc1. The minimum Gasteiger partial charge on any atom is -0.465 e. The number of carbonyl (C=O) groups is 3. The van der Waals surface area contributed by atoms with E-state index in [1.807, 2.05) is 0 Å². The number of methoxy groups -OCH3 is 1. The highest BCUT2D eigenvalue weighted by atomic mass is 32.2. The maximum atomic E-state index is 13.0. The van der Waals surface area contributed by atoms with Gasteiger partial charge in [-0.25, -0.2) is 9.18 Å². The van der Waals surface area contributed by atoms with Crippen LogP contribution in [0.2, 0.25) is 0 Å². The van der Waals surface area contributed by atoms with Crippen molar-refractivity contribution >= 4 is 35.0 Å². The van der Waals surface area contributed by atoms with Crippen LogP contribution in [0.1, 0.15) is 21.5 Å². The minimum absolute atomic E-state index is 0.0869. The highest BCUT2D eigenvalue weighted by Gasteiger charge is 2.34. The highest BCUT2D eigenvalue weighted by molar-refractivity contribution is 8.18. The molecule has 0 atom stereocenters. The number of amides is 2. The van der Waals surface area contributed by atoms with Gasteiger partial charge in [0.15, 0.2) is 0 Å². The molecule has 0 unspecified atom stereocenters. The second kappa shape index (κ2) is 7.53. The fourth-order valence-electron chi connectivity index (χ4n) is 2.39. The Kier molecular flexibility index (Phi) is 5.18. The molecular formula is C19H14FNO4S. The van der Waals surface area contributed by atoms with Crippen molar-refractivity contribution in [1.82, 2.24) is 4.90 Å². The predicted molar refractivity (Wildman–Crippen MR) is 95.7 cm³/mol. The summed E-state index contributed by atoms with van der Waals surface area (Å²) in [6.07, 6.45) is 1.59. The topological polar surface area (TPSA) is 63.7 Å². The normalized spacial score (nSPS) is 15.6. The molecule has 7 heteroatoms. The van der Waals surface area contributed by atoms with E-state index >= 15 is 0 Å². The summed E-state index contributed by atoms with van der Waals surface area (Å²) in [5.41, 5.74) is 1.75. The summed E-state index contributed by atoms with van der Waals surface area (Å²) in [5.74, 6) is -1.23. The lowest BCUT2D eigenvalue weighted by molar-refractivity contribution is -0.123. The average molecular weight is 371 g/mol. The zero-order valence-electron chi connectivity index (χ0n) is 13.8. The summed E-state index contributed by atoms with van der Waals surface area (Å²) in [5, 5.41) is -0.378. The van der Waals surface area contributed by atoms with Gasteiger partial charge in [-0.1, -0.05) is 24.3 Å². The van der Waals surface area contributed by atoms with Gasteiger partial charge in [-0.15, -0.1) is 0 Å². The number of imide groups is 1. The first-order chi connectivity index (χ1) is 12.5. The Morgan fingerprint density at radius 3 is 2.38 bits per heavy atom. The van der Waals surface area contributed by atoms with Crippen LogP contribution in [0.15, 0.2) is 53.4 Å². The maximum absolute atomic E-state index is 13.0. The molecule has 0 bridgehead atoms. The number of hydrogen-bond donors (Lipinski definition) is 0. The van der Waals surface area contributed by atoms with Crippen LogP contribution in [0.25, 0.3) is 6.08 Å². The molecule has 0 saturated carbocycles. The molecule has 1 aliphatic heterocycles. The van der Waals surface area contributed by atoms with Crippen LogP contribution < -0.4 is 0 Å². The first kappa shape index (κ1) is 17.9. The molecule has 1 fully saturated rings. The second-order valence-corrected chi connectivity index (χ2v) is 6.50. The van der Waals surface area contributed by atoms with Gasteiger partial charge in [0.05, 0.1) is 24.1 Å². The highest BCUT2D eigenvalue weighted by Crippen LogP contribution is 2.33. The average Bonchev–Trinajstić information content (AvgIpc) is 2.91. The molecule has 0 N–H and O–H groups in total. The molecule has 2 aromatic carbocycles. The third-order valence-corrected chi connectivity index (χ3v) is 4.66. The number of nitrogens with zero attached hydrogens (tertiary/aromatic N) is 1. The number of hydrogen-bond acceptors (Lipinski definition) is 5. The summed E-state index contributed by atoms with van der Waals surface area (Å²) in [6, 6.07) is 12.1. The third kappa shape index (κ3) is 3.83. The molecule has 0 aliphatic carbocycles. The van der Waals surface area contributed by atoms with E-state index in [2.05, 4.69) is 4.74 Å². The number of halogens is 1. The van der Waals surface area contributed by atoms with Crippen molar-refractivity contribution in [1.29, 1.82) is 0 Å². The summed E-state index contributed by atoms with van der Waals surface area (Å²) in [7, 11) is 1.30. The van der Waals surface area contributed by atoms with E-state index < -0.39 is 11.9 Å². The third-order valence-electron chi connectivity index (χ3n) is 3.76. The second-order valence-electron chi connectivity index (χ2n) is 5.51. The van der Waals surface area contributed by atoms with Crippen LogP contribution >= 0.6 is 11.8 Å². The molecule has 26 heavy (non-hydrogen) atoms. The zero-order chi connectivity index (χ0) is 18.7. The van der Waals surface area contributed by atoms with Crippen molar-refractivity contribution < 1.29 is 23.5 Å². The lowest BCUT2D eigenvalue weighted by Gasteiger charge is -2.12. The van der Waals surface area contributed by atoms with E-state index in [1.54, 1.807) is 30.3 Å². The van der Waals surface area contributed by atoms with E-state index in [4.69, 9.17) is 0 Å². The Balaban J connectivity index is 1.76. The smallest absolute Gasteiger partial charge is 0.337 e. The summed E-state index contributed by atoms with van der Waals surface area (Å²) in [4.78, 5) is 37.5. The van der Waals surface area contributed by atoms with Gasteiger partial charge < -0.3 is 4.74 Å². The molecule has 0 radical (unpaired) electrons. The first-order valence-corrected chi connectivity index (χ1v) is 8.48. The Morgan fingerprint density at radius 2 is 1.77 bits per heavy atom. The zero-order valence-corrected chi connectivity index (χ0v) is 14.6. The number of thioether (sulfide) groups is 1. The molecule has 3 rings (SSSR count). The molecule has 2 aromatic rings. The van der Waals surface area contributed by atoms with Crippen molar-refractivity contribution in [2.45, 2.75) is 6.54 Å². The molecule has 5 nitrogen and oxygen atoms in total. The number of benzene rings is 2. The number of ether oxygens (including phenoxy) is 1. The van der Waals surface area contributed by atoms with Crippen LogP contribution in [0.3, 0.4) is 0 Å². The van der Waals surface area contributed by atoms with Crippen molar-refractivity contribution in [2.24, 2.45) is 0 Å². The van der Waals surface area contributed by atoms with Gasteiger partial charge in [-0.2, -0.15) is 0 Å². The van der Waals surface area contributed by atoms with Crippen molar-refractivity contribution in [3.8, 4) is 0 Å². The molecule has 132 valence electrons. The van der Waals surface area contributed by atoms with Crippen LogP contribution in [-0.4, -0.2) is 29.1 Å². The standard InChI is InChI=1S/C19H14FNO4S/c1-25-18(23)14-6-2-12(3-7-14)10-16-17(22)21(19(24)26-16)11-13-4-8-15(20)9-5-13/h2-10H,11H2,1H3/b16-10+. The first-order valence-electron chi connectivity index (χ1n) is 7.66. The molecule has 0 spiro atoms. The Hall–Kier alpha value is -2.93. The summed E-state index contributed by atoms with van der Waals surface area (Å²) >= 11 is 0.847. The minimum atomic E-state index is -0.448. The lowest BCUT2D eigenvalue weighted by Crippen LogP contribution is -2.27. The Bertz CT molecular complexity index is 891. The molecular weight excluding hydrogens is 357 g/mol. The largest absolute Gasteiger partial charge is 0.465 e. The van der Waals surface area contributed by atoms with E-state index in [1.165, 1.54) is 31.4 Å². The number of carbonyl (C=O) groups excluding carboxylic acids is 3. The van der Waals surface area contributed by atoms with Crippen molar-refractivity contribution in [2.75, 3.05) is 7.11 Å². The van der Waals surface area contributed by atoms with Crippen molar-refractivity contribution in [3.05, 3.63) is 75.9 Å². The molecule has 0 aromatic heterocycles. The maximum Gasteiger partial charge on any atom is 0.337 e. The molecule has 2 amide bonds. The fourth-order valence-corrected chi connectivity index (χ4v) is 3.23. The van der Waals surface area contributed by atoms with Gasteiger partial charge in [-0.05, 0) is 53.2 Å². The Labute approximate surface area is 153 Å². The molecule has 1 saturated heterocycles. The van der Waals surface area contributed by atoms with Crippen LogP contribution in [-0.2, 0) is 16.1 Å². The lowest BCUT2D eigenvalue weighted by atomic mass is 10.1. The number of rotatable bonds is 4. The number of esters is 1. The van der Waals surface area contributed by atoms with E-state index in [0.29, 0.717) is 21.6 Å². The van der Waals surface area contributed by atoms with Gasteiger partial charge in [0, 0.05) is 0 Å². The van der Waals surface area contributed by atoms with E-state index in [9.17, 15) is 18.8 Å². The molecule has 1 aliphatic rings. The quantitative estimate of drug-likeness (QED) is 0.603. The van der Waals surface area contributed by atoms with Crippen LogP contribution in [0.5, 0.6) is 0 Å². The van der Waals surface area contributed by atoms with E-state index in [-0.39, 0.29) is 17.6 Å². The van der Waals surface area contributed by atoms with Gasteiger partial charge in [0.1, 0.15) is 5.82 Å². The summed E-state index contributed by atoms with van der Waals surface area (Å²) in [6.45, 7) is 0.0869. The summed E-state index contributed by atoms with van der Waals surface area (Å²) < 4.78 is 17.6.